The second-order valence-electron chi connectivity index (χ2n) is 7.97. The van der Waals surface area contributed by atoms with Crippen molar-refractivity contribution < 1.29 is 23.6 Å². The molecular weight excluding hydrogens is 462 g/mol. The molecule has 4 rings (SSSR count). The minimum atomic E-state index is -0.543. The summed E-state index contributed by atoms with van der Waals surface area (Å²) in [5.74, 6) is 0.578. The Morgan fingerprint density at radius 1 is 1.12 bits per heavy atom. The van der Waals surface area contributed by atoms with Crippen molar-refractivity contribution in [1.82, 2.24) is 19.8 Å². The molecule has 1 aliphatic rings. The normalized spacial score (nSPS) is 13.8. The van der Waals surface area contributed by atoms with Gasteiger partial charge in [-0.3, -0.25) is 9.48 Å². The third-order valence-corrected chi connectivity index (χ3v) is 6.20. The van der Waals surface area contributed by atoms with Gasteiger partial charge < -0.3 is 23.8 Å². The smallest absolute Gasteiger partial charge is 0.342 e. The van der Waals surface area contributed by atoms with Gasteiger partial charge in [-0.2, -0.15) is 5.10 Å². The van der Waals surface area contributed by atoms with E-state index in [1.807, 2.05) is 12.1 Å². The van der Waals surface area contributed by atoms with Gasteiger partial charge in [0.05, 0.1) is 24.9 Å². The summed E-state index contributed by atoms with van der Waals surface area (Å²) in [5, 5.41) is 9.02. The van der Waals surface area contributed by atoms with E-state index in [1.54, 1.807) is 38.0 Å². The van der Waals surface area contributed by atoms with Crippen LogP contribution in [0.1, 0.15) is 21.8 Å². The number of anilines is 1. The van der Waals surface area contributed by atoms with Crippen LogP contribution in [0.25, 0.3) is 11.4 Å². The van der Waals surface area contributed by atoms with Gasteiger partial charge in [0.2, 0.25) is 5.91 Å². The monoisotopic (exact) mass is 487 g/mol. The molecule has 0 unspecified atom stereocenters. The molecule has 1 amide bonds. The Hall–Kier alpha value is -3.53. The van der Waals surface area contributed by atoms with Crippen LogP contribution in [0.15, 0.2) is 28.8 Å². The van der Waals surface area contributed by atoms with Crippen LogP contribution < -0.4 is 9.64 Å². The van der Waals surface area contributed by atoms with Gasteiger partial charge in [0.25, 0.3) is 0 Å². The van der Waals surface area contributed by atoms with Crippen LogP contribution in [0.5, 0.6) is 5.75 Å². The molecule has 2 aromatic heterocycles. The summed E-state index contributed by atoms with van der Waals surface area (Å²) in [6, 6.07) is 7.33. The molecule has 0 bridgehead atoms. The summed E-state index contributed by atoms with van der Waals surface area (Å²) < 4.78 is 16.9. The maximum Gasteiger partial charge on any atom is 0.342 e. The van der Waals surface area contributed by atoms with E-state index >= 15 is 0 Å². The predicted octanol–water partition coefficient (Wildman–Crippen LogP) is 2.95. The second kappa shape index (κ2) is 9.76. The fourth-order valence-electron chi connectivity index (χ4n) is 3.99. The molecule has 0 radical (unpaired) electrons. The zero-order valence-corrected chi connectivity index (χ0v) is 20.3. The average Bonchev–Trinajstić information content (AvgIpc) is 3.42. The zero-order chi connectivity index (χ0) is 24.4. The van der Waals surface area contributed by atoms with Crippen LogP contribution in [0, 0.1) is 13.8 Å². The number of hydrogen-bond donors (Lipinski definition) is 0. The number of nitrogens with zero attached hydrogens (tertiary/aromatic N) is 5. The van der Waals surface area contributed by atoms with E-state index in [1.165, 1.54) is 11.8 Å². The highest BCUT2D eigenvalue weighted by molar-refractivity contribution is 6.32. The standard InChI is InChI=1S/C23H26ClN5O5/c1-14-11-18(26-34-14)22-21(23(31)33-4)15(2)29(25-22)13-20(30)28-9-7-27(8-10-28)16-5-6-17(24)19(12-16)32-3/h5-6,11-12H,7-10,13H2,1-4H3. The SMILES string of the molecule is COC(=O)c1c(-c2cc(C)on2)nn(CC(=O)N2CCN(c3ccc(Cl)c(OC)c3)CC2)c1C. The molecule has 180 valence electrons. The summed E-state index contributed by atoms with van der Waals surface area (Å²) in [5.41, 5.74) is 2.54. The first-order chi connectivity index (χ1) is 16.3. The second-order valence-corrected chi connectivity index (χ2v) is 8.37. The van der Waals surface area contributed by atoms with Gasteiger partial charge in [-0.25, -0.2) is 4.79 Å². The lowest BCUT2D eigenvalue weighted by atomic mass is 10.1. The Kier molecular flexibility index (Phi) is 6.78. The average molecular weight is 488 g/mol. The third-order valence-electron chi connectivity index (χ3n) is 5.88. The first kappa shape index (κ1) is 23.6. The molecule has 0 atom stereocenters. The quantitative estimate of drug-likeness (QED) is 0.489. The number of carbonyl (C=O) groups excluding carboxylic acids is 2. The first-order valence-corrected chi connectivity index (χ1v) is 11.2. The number of methoxy groups -OCH3 is 2. The number of ether oxygens (including phenoxy) is 2. The Morgan fingerprint density at radius 3 is 2.47 bits per heavy atom. The van der Waals surface area contributed by atoms with Crippen molar-refractivity contribution in [3.05, 3.63) is 46.3 Å². The molecule has 1 aromatic carbocycles. The van der Waals surface area contributed by atoms with Crippen LogP contribution >= 0.6 is 11.6 Å². The number of rotatable bonds is 6. The molecular formula is C23H26ClN5O5. The molecule has 3 aromatic rings. The largest absolute Gasteiger partial charge is 0.495 e. The number of benzene rings is 1. The molecule has 0 saturated carbocycles. The summed E-state index contributed by atoms with van der Waals surface area (Å²) in [4.78, 5) is 29.5. The summed E-state index contributed by atoms with van der Waals surface area (Å²) in [7, 11) is 2.89. The van der Waals surface area contributed by atoms with Crippen LogP contribution in [0.4, 0.5) is 5.69 Å². The number of piperazine rings is 1. The fraction of sp³-hybridized carbons (Fsp3) is 0.391. The van der Waals surface area contributed by atoms with E-state index in [0.29, 0.717) is 59.8 Å². The van der Waals surface area contributed by atoms with E-state index in [2.05, 4.69) is 15.2 Å². The lowest BCUT2D eigenvalue weighted by molar-refractivity contribution is -0.132. The Balaban J connectivity index is 1.47. The Morgan fingerprint density at radius 2 is 1.85 bits per heavy atom. The van der Waals surface area contributed by atoms with Crippen LogP contribution in [-0.4, -0.2) is 72.1 Å². The van der Waals surface area contributed by atoms with E-state index in [9.17, 15) is 9.59 Å². The molecule has 1 aliphatic heterocycles. The summed E-state index contributed by atoms with van der Waals surface area (Å²) in [6.45, 7) is 5.95. The number of carbonyl (C=O) groups is 2. The van der Waals surface area contributed by atoms with Crippen LogP contribution in [0.2, 0.25) is 5.02 Å². The summed E-state index contributed by atoms with van der Waals surface area (Å²) in [6.07, 6.45) is 0. The van der Waals surface area contributed by atoms with E-state index < -0.39 is 5.97 Å². The first-order valence-electron chi connectivity index (χ1n) is 10.8. The van der Waals surface area contributed by atoms with Crippen LogP contribution in [0.3, 0.4) is 0 Å². The van der Waals surface area contributed by atoms with Crippen molar-refractivity contribution in [2.24, 2.45) is 0 Å². The lowest BCUT2D eigenvalue weighted by Gasteiger charge is -2.36. The van der Waals surface area contributed by atoms with Gasteiger partial charge in [0, 0.05) is 44.0 Å². The molecule has 11 heteroatoms. The molecule has 1 fully saturated rings. The molecule has 1 saturated heterocycles. The summed E-state index contributed by atoms with van der Waals surface area (Å²) >= 11 is 6.13. The van der Waals surface area contributed by atoms with Gasteiger partial charge in [0.15, 0.2) is 0 Å². The number of hydrogen-bond acceptors (Lipinski definition) is 8. The van der Waals surface area contributed by atoms with Gasteiger partial charge in [-0.05, 0) is 26.0 Å². The minimum absolute atomic E-state index is 0.00142. The molecule has 0 spiro atoms. The lowest BCUT2D eigenvalue weighted by Crippen LogP contribution is -2.49. The number of aryl methyl sites for hydroxylation is 1. The van der Waals surface area contributed by atoms with Gasteiger partial charge in [0.1, 0.15) is 35.0 Å². The van der Waals surface area contributed by atoms with E-state index in [-0.39, 0.29) is 18.0 Å². The van der Waals surface area contributed by atoms with Crippen molar-refractivity contribution in [1.29, 1.82) is 0 Å². The third kappa shape index (κ3) is 4.58. The number of halogens is 1. The maximum absolute atomic E-state index is 13.1. The highest BCUT2D eigenvalue weighted by Gasteiger charge is 2.28. The maximum atomic E-state index is 13.1. The van der Waals surface area contributed by atoms with E-state index in [0.717, 1.165) is 5.69 Å². The molecule has 3 heterocycles. The Bertz CT molecular complexity index is 1210. The number of aromatic nitrogens is 3. The van der Waals surface area contributed by atoms with Crippen molar-refractivity contribution in [2.45, 2.75) is 20.4 Å². The molecule has 0 aliphatic carbocycles. The highest BCUT2D eigenvalue weighted by Crippen LogP contribution is 2.30. The number of amides is 1. The van der Waals surface area contributed by atoms with Crippen molar-refractivity contribution in [3.8, 4) is 17.1 Å². The van der Waals surface area contributed by atoms with Gasteiger partial charge in [-0.1, -0.05) is 16.8 Å². The Labute approximate surface area is 201 Å². The van der Waals surface area contributed by atoms with Crippen molar-refractivity contribution >= 4 is 29.2 Å². The zero-order valence-electron chi connectivity index (χ0n) is 19.5. The number of esters is 1. The predicted molar refractivity (Wildman–Crippen MR) is 125 cm³/mol. The molecule has 34 heavy (non-hydrogen) atoms. The van der Waals surface area contributed by atoms with Gasteiger partial charge in [-0.15, -0.1) is 0 Å². The van der Waals surface area contributed by atoms with Crippen LogP contribution in [-0.2, 0) is 16.1 Å². The van der Waals surface area contributed by atoms with Crippen molar-refractivity contribution in [3.63, 3.8) is 0 Å². The van der Waals surface area contributed by atoms with Gasteiger partial charge >= 0.3 is 5.97 Å². The fourth-order valence-corrected chi connectivity index (χ4v) is 4.19. The molecule has 0 N–H and O–H groups in total. The topological polar surface area (TPSA) is 103 Å². The highest BCUT2D eigenvalue weighted by atomic mass is 35.5. The van der Waals surface area contributed by atoms with E-state index in [4.69, 9.17) is 25.6 Å². The minimum Gasteiger partial charge on any atom is -0.495 e. The molecule has 10 nitrogen and oxygen atoms in total. The van der Waals surface area contributed by atoms with Crippen molar-refractivity contribution in [2.75, 3.05) is 45.3 Å².